The molecule has 0 aliphatic carbocycles. The molecule has 20 heavy (non-hydrogen) atoms. The lowest BCUT2D eigenvalue weighted by Gasteiger charge is -1.96. The largest absolute Gasteiger partial charge is 0.478 e. The fourth-order valence-electron chi connectivity index (χ4n) is 1.77. The molecule has 1 aromatic carbocycles. The van der Waals surface area contributed by atoms with Crippen LogP contribution in [0.4, 0.5) is 0 Å². The molecule has 3 rings (SSSR count). The van der Waals surface area contributed by atoms with E-state index in [1.54, 1.807) is 18.2 Å². The second-order valence-electron chi connectivity index (χ2n) is 4.01. The van der Waals surface area contributed by atoms with Crippen LogP contribution in [0.15, 0.2) is 34.7 Å². The predicted molar refractivity (Wildman–Crippen MR) is 74.2 cm³/mol. The molecular formula is C13H6Cl2N2O3. The number of benzene rings is 1. The van der Waals surface area contributed by atoms with Crippen LogP contribution in [0.25, 0.3) is 22.6 Å². The Morgan fingerprint density at radius 2 is 1.80 bits per heavy atom. The number of halogens is 2. The number of hydrogen-bond donors (Lipinski definition) is 1. The first kappa shape index (κ1) is 12.9. The Morgan fingerprint density at radius 1 is 1.10 bits per heavy atom. The van der Waals surface area contributed by atoms with Crippen LogP contribution in [0.5, 0.6) is 0 Å². The number of carboxylic acids is 1. The van der Waals surface area contributed by atoms with E-state index in [0.29, 0.717) is 22.6 Å². The number of oxazole rings is 1. The molecule has 0 unspecified atom stereocenters. The summed E-state index contributed by atoms with van der Waals surface area (Å²) < 4.78 is 5.55. The molecule has 0 aliphatic heterocycles. The highest BCUT2D eigenvalue weighted by Crippen LogP contribution is 2.28. The van der Waals surface area contributed by atoms with Crippen molar-refractivity contribution in [3.05, 3.63) is 46.2 Å². The fourth-order valence-corrected chi connectivity index (χ4v) is 2.23. The summed E-state index contributed by atoms with van der Waals surface area (Å²) in [7, 11) is 0. The third-order valence-corrected chi connectivity index (χ3v) is 3.03. The average Bonchev–Trinajstić information content (AvgIpc) is 2.80. The van der Waals surface area contributed by atoms with E-state index in [9.17, 15) is 4.79 Å². The van der Waals surface area contributed by atoms with Gasteiger partial charge >= 0.3 is 5.97 Å². The van der Waals surface area contributed by atoms with Gasteiger partial charge in [-0.05, 0) is 30.3 Å². The van der Waals surface area contributed by atoms with Gasteiger partial charge in [-0.2, -0.15) is 0 Å². The van der Waals surface area contributed by atoms with Crippen LogP contribution in [-0.2, 0) is 0 Å². The Bertz CT molecular complexity index is 809. The zero-order valence-corrected chi connectivity index (χ0v) is 11.3. The van der Waals surface area contributed by atoms with E-state index in [4.69, 9.17) is 32.7 Å². The van der Waals surface area contributed by atoms with Gasteiger partial charge in [0, 0.05) is 5.56 Å². The first-order valence-corrected chi connectivity index (χ1v) is 6.26. The number of carboxylic acid groups (broad SMARTS) is 1. The molecule has 0 fully saturated rings. The molecule has 0 bridgehead atoms. The van der Waals surface area contributed by atoms with Crippen LogP contribution in [0, 0.1) is 0 Å². The molecule has 3 aromatic rings. The van der Waals surface area contributed by atoms with Gasteiger partial charge in [0.15, 0.2) is 5.58 Å². The smallest absolute Gasteiger partial charge is 0.335 e. The van der Waals surface area contributed by atoms with Gasteiger partial charge in [-0.3, -0.25) is 0 Å². The molecule has 0 spiro atoms. The molecule has 0 aliphatic rings. The van der Waals surface area contributed by atoms with Crippen LogP contribution < -0.4 is 0 Å². The van der Waals surface area contributed by atoms with Gasteiger partial charge in [-0.25, -0.2) is 14.8 Å². The van der Waals surface area contributed by atoms with Crippen LogP contribution in [0.2, 0.25) is 10.3 Å². The highest BCUT2D eigenvalue weighted by Gasteiger charge is 2.12. The molecule has 5 nitrogen and oxygen atoms in total. The van der Waals surface area contributed by atoms with Crippen molar-refractivity contribution in [1.29, 1.82) is 0 Å². The zero-order chi connectivity index (χ0) is 14.3. The summed E-state index contributed by atoms with van der Waals surface area (Å²) in [6.45, 7) is 0. The lowest BCUT2D eigenvalue weighted by Crippen LogP contribution is -1.94. The van der Waals surface area contributed by atoms with E-state index in [-0.39, 0.29) is 15.9 Å². The van der Waals surface area contributed by atoms with Crippen molar-refractivity contribution in [1.82, 2.24) is 9.97 Å². The number of nitrogens with zero attached hydrogens (tertiary/aromatic N) is 2. The molecule has 100 valence electrons. The van der Waals surface area contributed by atoms with Gasteiger partial charge in [0.05, 0.1) is 5.56 Å². The van der Waals surface area contributed by atoms with Gasteiger partial charge in [0.25, 0.3) is 0 Å². The Morgan fingerprint density at radius 3 is 2.45 bits per heavy atom. The third-order valence-electron chi connectivity index (χ3n) is 2.64. The van der Waals surface area contributed by atoms with Gasteiger partial charge in [0.2, 0.25) is 5.89 Å². The van der Waals surface area contributed by atoms with Crippen LogP contribution >= 0.6 is 23.2 Å². The fraction of sp³-hybridized carbons (Fsp3) is 0. The Labute approximate surface area is 122 Å². The third kappa shape index (κ3) is 2.33. The van der Waals surface area contributed by atoms with E-state index < -0.39 is 5.97 Å². The van der Waals surface area contributed by atoms with E-state index in [2.05, 4.69) is 9.97 Å². The van der Waals surface area contributed by atoms with Crippen molar-refractivity contribution in [3.63, 3.8) is 0 Å². The minimum Gasteiger partial charge on any atom is -0.478 e. The average molecular weight is 309 g/mol. The molecule has 0 saturated carbocycles. The summed E-state index contributed by atoms with van der Waals surface area (Å²) in [5, 5.41) is 9.39. The lowest BCUT2D eigenvalue weighted by molar-refractivity contribution is 0.0697. The number of pyridine rings is 1. The van der Waals surface area contributed by atoms with Crippen LogP contribution in [0.1, 0.15) is 10.4 Å². The molecule has 1 N–H and O–H groups in total. The SMILES string of the molecule is O=C(O)c1ccc2oc(-c3cc(Cl)nc(Cl)c3)nc2c1. The van der Waals surface area contributed by atoms with Crippen LogP contribution in [-0.4, -0.2) is 21.0 Å². The number of fused-ring (bicyclic) bond motifs is 1. The molecule has 0 saturated heterocycles. The molecule has 7 heteroatoms. The van der Waals surface area contributed by atoms with E-state index in [1.165, 1.54) is 12.1 Å². The number of aromatic carboxylic acids is 1. The summed E-state index contributed by atoms with van der Waals surface area (Å²) >= 11 is 11.6. The van der Waals surface area contributed by atoms with Crippen molar-refractivity contribution in [2.24, 2.45) is 0 Å². The minimum atomic E-state index is -1.02. The topological polar surface area (TPSA) is 76.2 Å². The standard InChI is InChI=1S/C13H6Cl2N2O3/c14-10-4-7(5-11(15)17-10)12-16-8-3-6(13(18)19)1-2-9(8)20-12/h1-5H,(H,18,19). The maximum atomic E-state index is 10.9. The highest BCUT2D eigenvalue weighted by atomic mass is 35.5. The molecule has 0 amide bonds. The first-order valence-electron chi connectivity index (χ1n) is 5.50. The van der Waals surface area contributed by atoms with Crippen molar-refractivity contribution in [2.45, 2.75) is 0 Å². The molecule has 0 atom stereocenters. The predicted octanol–water partition coefficient (Wildman–Crippen LogP) is 3.89. The maximum Gasteiger partial charge on any atom is 0.335 e. The molecule has 2 heterocycles. The highest BCUT2D eigenvalue weighted by molar-refractivity contribution is 6.32. The monoisotopic (exact) mass is 308 g/mol. The van der Waals surface area contributed by atoms with Gasteiger partial charge in [-0.1, -0.05) is 23.2 Å². The lowest BCUT2D eigenvalue weighted by atomic mass is 10.2. The van der Waals surface area contributed by atoms with Gasteiger partial charge < -0.3 is 9.52 Å². The van der Waals surface area contributed by atoms with Crippen LogP contribution in [0.3, 0.4) is 0 Å². The number of rotatable bonds is 2. The summed E-state index contributed by atoms with van der Waals surface area (Å²) in [6, 6.07) is 7.58. The molecule has 0 radical (unpaired) electrons. The summed E-state index contributed by atoms with van der Waals surface area (Å²) in [5.74, 6) is -0.722. The van der Waals surface area contributed by atoms with E-state index >= 15 is 0 Å². The van der Waals surface area contributed by atoms with Gasteiger partial charge in [-0.15, -0.1) is 0 Å². The second-order valence-corrected chi connectivity index (χ2v) is 4.78. The molecule has 2 aromatic heterocycles. The maximum absolute atomic E-state index is 10.9. The quantitative estimate of drug-likeness (QED) is 0.727. The van der Waals surface area contributed by atoms with Crippen molar-refractivity contribution >= 4 is 40.3 Å². The Balaban J connectivity index is 2.15. The summed E-state index contributed by atoms with van der Waals surface area (Å²) in [4.78, 5) is 19.0. The number of carbonyl (C=O) groups is 1. The molecular weight excluding hydrogens is 303 g/mol. The second kappa shape index (κ2) is 4.77. The summed E-state index contributed by atoms with van der Waals surface area (Å²) in [6.07, 6.45) is 0. The zero-order valence-electron chi connectivity index (χ0n) is 9.80. The number of hydrogen-bond acceptors (Lipinski definition) is 4. The minimum absolute atomic E-state index is 0.142. The van der Waals surface area contributed by atoms with Crippen molar-refractivity contribution < 1.29 is 14.3 Å². The number of aromatic nitrogens is 2. The normalized spacial score (nSPS) is 10.9. The Kier molecular flexibility index (Phi) is 3.08. The van der Waals surface area contributed by atoms with E-state index in [1.807, 2.05) is 0 Å². The van der Waals surface area contributed by atoms with Gasteiger partial charge in [0.1, 0.15) is 15.8 Å². The first-order chi connectivity index (χ1) is 9.52. The summed E-state index contributed by atoms with van der Waals surface area (Å²) in [5.41, 5.74) is 1.64. The van der Waals surface area contributed by atoms with E-state index in [0.717, 1.165) is 0 Å². The van der Waals surface area contributed by atoms with Crippen molar-refractivity contribution in [3.8, 4) is 11.5 Å². The van der Waals surface area contributed by atoms with Crippen molar-refractivity contribution in [2.75, 3.05) is 0 Å². The Hall–Kier alpha value is -2.11.